The van der Waals surface area contributed by atoms with Gasteiger partial charge in [0, 0.05) is 12.8 Å². The summed E-state index contributed by atoms with van der Waals surface area (Å²) in [6, 6.07) is 0. The van der Waals surface area contributed by atoms with Crippen LogP contribution in [0.4, 0.5) is 0 Å². The van der Waals surface area contributed by atoms with Crippen LogP contribution in [0.3, 0.4) is 0 Å². The highest BCUT2D eigenvalue weighted by Gasteiger charge is 2.48. The number of aliphatic hydroxyl groups is 2. The van der Waals surface area contributed by atoms with Crippen molar-refractivity contribution in [3.8, 4) is 0 Å². The molecule has 1 saturated carbocycles. The molecule has 23 heavy (non-hydrogen) atoms. The zero-order chi connectivity index (χ0) is 17.3. The topological polar surface area (TPSA) is 62.2 Å². The van der Waals surface area contributed by atoms with Crippen LogP contribution in [0.5, 0.6) is 0 Å². The lowest BCUT2D eigenvalue weighted by molar-refractivity contribution is -0.217. The maximum absolute atomic E-state index is 10.5. The molecule has 2 N–H and O–H groups in total. The minimum absolute atomic E-state index is 0.310. The fraction of sp³-hybridized carbons (Fsp3) is 0.889. The second-order valence-electron chi connectivity index (χ2n) is 7.95. The molecule has 5 nitrogen and oxygen atoms in total. The van der Waals surface area contributed by atoms with Crippen LogP contribution in [0.1, 0.15) is 59.8 Å². The van der Waals surface area contributed by atoms with Gasteiger partial charge in [0.15, 0.2) is 12.0 Å². The van der Waals surface area contributed by atoms with E-state index in [0.29, 0.717) is 24.4 Å². The summed E-state index contributed by atoms with van der Waals surface area (Å²) in [5.41, 5.74) is 0.310. The summed E-state index contributed by atoms with van der Waals surface area (Å²) in [4.78, 5) is 1.44. The summed E-state index contributed by atoms with van der Waals surface area (Å²) in [7, 11) is 0. The smallest absolute Gasteiger partial charge is 0.169 e. The maximum atomic E-state index is 10.5. The quantitative estimate of drug-likeness (QED) is 0.760. The molecule has 0 radical (unpaired) electrons. The third kappa shape index (κ3) is 4.08. The number of ether oxygens (including phenoxy) is 2. The van der Waals surface area contributed by atoms with Crippen LogP contribution >= 0.6 is 0 Å². The standard InChI is InChI=1S/C18H33NO4/c1-6-15(20)19(7-2)16(21)14-12-22-18(23-14)10-8-13(9-11-18)17(3,4)5/h7,13-16,20-21H,2,6,8-12H2,1,3-5H3. The van der Waals surface area contributed by atoms with Gasteiger partial charge in [-0.2, -0.15) is 0 Å². The predicted molar refractivity (Wildman–Crippen MR) is 89.3 cm³/mol. The molecule has 2 rings (SSSR count). The summed E-state index contributed by atoms with van der Waals surface area (Å²) in [5, 5.41) is 20.5. The van der Waals surface area contributed by atoms with Gasteiger partial charge < -0.3 is 24.6 Å². The predicted octanol–water partition coefficient (Wildman–Crippen LogP) is 2.83. The second kappa shape index (κ2) is 7.09. The molecule has 0 aromatic carbocycles. The second-order valence-corrected chi connectivity index (χ2v) is 7.95. The van der Waals surface area contributed by atoms with Gasteiger partial charge in [-0.3, -0.25) is 0 Å². The first-order valence-corrected chi connectivity index (χ1v) is 8.80. The molecule has 2 aliphatic rings. The van der Waals surface area contributed by atoms with Gasteiger partial charge in [0.25, 0.3) is 0 Å². The molecule has 1 aliphatic carbocycles. The van der Waals surface area contributed by atoms with E-state index >= 15 is 0 Å². The van der Waals surface area contributed by atoms with Crippen LogP contribution < -0.4 is 0 Å². The van der Waals surface area contributed by atoms with Gasteiger partial charge in [-0.15, -0.1) is 0 Å². The van der Waals surface area contributed by atoms with Crippen LogP contribution in [-0.2, 0) is 9.47 Å². The highest BCUT2D eigenvalue weighted by molar-refractivity contribution is 4.91. The van der Waals surface area contributed by atoms with Gasteiger partial charge in [-0.1, -0.05) is 34.3 Å². The van der Waals surface area contributed by atoms with Crippen LogP contribution in [0, 0.1) is 11.3 Å². The Balaban J connectivity index is 1.95. The number of nitrogens with zero attached hydrogens (tertiary/aromatic N) is 1. The van der Waals surface area contributed by atoms with Crippen molar-refractivity contribution in [1.82, 2.24) is 4.90 Å². The van der Waals surface area contributed by atoms with Crippen LogP contribution in [0.2, 0.25) is 0 Å². The van der Waals surface area contributed by atoms with Gasteiger partial charge in [0.1, 0.15) is 12.3 Å². The molecule has 134 valence electrons. The lowest BCUT2D eigenvalue weighted by atomic mass is 9.71. The normalized spacial score (nSPS) is 34.3. The van der Waals surface area contributed by atoms with Crippen molar-refractivity contribution in [3.63, 3.8) is 0 Å². The van der Waals surface area contributed by atoms with Crippen molar-refractivity contribution in [1.29, 1.82) is 0 Å². The van der Waals surface area contributed by atoms with Crippen molar-refractivity contribution in [2.75, 3.05) is 6.61 Å². The molecule has 0 bridgehead atoms. The molecule has 0 amide bonds. The average molecular weight is 327 g/mol. The first-order valence-electron chi connectivity index (χ1n) is 8.80. The van der Waals surface area contributed by atoms with Crippen molar-refractivity contribution < 1.29 is 19.7 Å². The molecular formula is C18H33NO4. The highest BCUT2D eigenvalue weighted by atomic mass is 16.7. The Kier molecular flexibility index (Phi) is 5.77. The van der Waals surface area contributed by atoms with Crippen molar-refractivity contribution in [3.05, 3.63) is 12.8 Å². The molecule has 5 heteroatoms. The third-order valence-corrected chi connectivity index (χ3v) is 5.41. The maximum Gasteiger partial charge on any atom is 0.169 e. The Labute approximate surface area is 140 Å². The molecule has 3 atom stereocenters. The molecule has 2 fully saturated rings. The molecule has 1 heterocycles. The number of rotatable bonds is 5. The Hall–Kier alpha value is -0.620. The molecule has 1 saturated heterocycles. The van der Waals surface area contributed by atoms with E-state index in [1.165, 1.54) is 11.1 Å². The van der Waals surface area contributed by atoms with E-state index in [4.69, 9.17) is 9.47 Å². The zero-order valence-electron chi connectivity index (χ0n) is 15.0. The van der Waals surface area contributed by atoms with Crippen LogP contribution in [-0.4, -0.2) is 46.1 Å². The van der Waals surface area contributed by atoms with E-state index < -0.39 is 24.3 Å². The van der Waals surface area contributed by atoms with Crippen molar-refractivity contribution >= 4 is 0 Å². The Morgan fingerprint density at radius 1 is 1.30 bits per heavy atom. The van der Waals surface area contributed by atoms with Crippen LogP contribution in [0.15, 0.2) is 12.8 Å². The Morgan fingerprint density at radius 2 is 1.91 bits per heavy atom. The lowest BCUT2D eigenvalue weighted by Crippen LogP contribution is -2.48. The average Bonchev–Trinajstić information content (AvgIpc) is 2.91. The minimum atomic E-state index is -0.942. The van der Waals surface area contributed by atoms with Gasteiger partial charge >= 0.3 is 0 Å². The SMILES string of the molecule is C=CN(C(O)CC)C(O)C1COC2(CCC(C(C)(C)C)CC2)O1. The number of hydrogen-bond acceptors (Lipinski definition) is 5. The third-order valence-electron chi connectivity index (χ3n) is 5.41. The summed E-state index contributed by atoms with van der Waals surface area (Å²) >= 11 is 0. The first kappa shape index (κ1) is 18.7. The Morgan fingerprint density at radius 3 is 2.39 bits per heavy atom. The van der Waals surface area contributed by atoms with Gasteiger partial charge in [0.05, 0.1) is 6.61 Å². The molecule has 0 aromatic rings. The summed E-state index contributed by atoms with van der Waals surface area (Å²) in [6.07, 6.45) is 3.69. The Bertz CT molecular complexity index is 398. The number of hydrogen-bond donors (Lipinski definition) is 2. The molecule has 3 unspecified atom stereocenters. The van der Waals surface area contributed by atoms with Gasteiger partial charge in [-0.05, 0) is 36.8 Å². The summed E-state index contributed by atoms with van der Waals surface area (Å²) in [6.45, 7) is 12.7. The highest BCUT2D eigenvalue weighted by Crippen LogP contribution is 2.46. The largest absolute Gasteiger partial charge is 0.374 e. The zero-order valence-corrected chi connectivity index (χ0v) is 15.0. The molecule has 0 aromatic heterocycles. The molecule has 1 aliphatic heterocycles. The van der Waals surface area contributed by atoms with E-state index in [9.17, 15) is 10.2 Å². The molecule has 1 spiro atoms. The summed E-state index contributed by atoms with van der Waals surface area (Å²) in [5.74, 6) is 0.119. The molecular weight excluding hydrogens is 294 g/mol. The fourth-order valence-corrected chi connectivity index (χ4v) is 3.72. The van der Waals surface area contributed by atoms with E-state index in [-0.39, 0.29) is 0 Å². The summed E-state index contributed by atoms with van der Waals surface area (Å²) < 4.78 is 12.1. The van der Waals surface area contributed by atoms with E-state index in [0.717, 1.165) is 25.7 Å². The van der Waals surface area contributed by atoms with Gasteiger partial charge in [0.2, 0.25) is 0 Å². The van der Waals surface area contributed by atoms with E-state index in [1.807, 2.05) is 6.92 Å². The first-order chi connectivity index (χ1) is 10.7. The van der Waals surface area contributed by atoms with Gasteiger partial charge in [-0.25, -0.2) is 0 Å². The lowest BCUT2D eigenvalue weighted by Gasteiger charge is -2.41. The number of aliphatic hydroxyl groups excluding tert-OH is 2. The van der Waals surface area contributed by atoms with Crippen molar-refractivity contribution in [2.24, 2.45) is 11.3 Å². The minimum Gasteiger partial charge on any atom is -0.374 e. The van der Waals surface area contributed by atoms with E-state index in [1.54, 1.807) is 0 Å². The van der Waals surface area contributed by atoms with E-state index in [2.05, 4.69) is 27.4 Å². The fourth-order valence-electron chi connectivity index (χ4n) is 3.72. The van der Waals surface area contributed by atoms with Crippen molar-refractivity contribution in [2.45, 2.75) is 84.1 Å². The monoisotopic (exact) mass is 327 g/mol. The van der Waals surface area contributed by atoms with Crippen LogP contribution in [0.25, 0.3) is 0 Å².